The number of nitrogens with zero attached hydrogens (tertiary/aromatic N) is 3. The molecule has 1 atom stereocenters. The van der Waals surface area contributed by atoms with Crippen LogP contribution in [0, 0.1) is 0 Å². The van der Waals surface area contributed by atoms with Crippen LogP contribution in [0.1, 0.15) is 27.8 Å². The first-order valence-electron chi connectivity index (χ1n) is 7.32. The largest absolute Gasteiger partial charge is 0.315 e. The molecule has 23 heavy (non-hydrogen) atoms. The fourth-order valence-electron chi connectivity index (χ4n) is 3.12. The van der Waals surface area contributed by atoms with Gasteiger partial charge in [-0.15, -0.1) is 0 Å². The molecule has 3 aromatic rings. The van der Waals surface area contributed by atoms with Gasteiger partial charge in [0.05, 0.1) is 6.04 Å². The molecule has 0 bridgehead atoms. The number of fused-ring (bicyclic) bond motifs is 2. The lowest BCUT2D eigenvalue weighted by molar-refractivity contribution is 0.0981. The molecular weight excluding hydrogens is 310 g/mol. The van der Waals surface area contributed by atoms with Gasteiger partial charge < -0.3 is 9.47 Å². The normalized spacial score (nSPS) is 16.7. The van der Waals surface area contributed by atoms with Gasteiger partial charge in [0, 0.05) is 35.7 Å². The van der Waals surface area contributed by atoms with Gasteiger partial charge in [0.2, 0.25) is 0 Å². The Labute approximate surface area is 138 Å². The SMILES string of the molecule is CN1C(=O)c2nccn2C(c2ccccc2)c2cc(Cl)ccc21. The summed E-state index contributed by atoms with van der Waals surface area (Å²) in [5, 5.41) is 0.647. The van der Waals surface area contributed by atoms with Crippen molar-refractivity contribution in [2.45, 2.75) is 6.04 Å². The molecule has 0 saturated heterocycles. The molecule has 2 heterocycles. The highest BCUT2D eigenvalue weighted by atomic mass is 35.5. The third kappa shape index (κ3) is 2.14. The smallest absolute Gasteiger partial charge is 0.294 e. The van der Waals surface area contributed by atoms with Gasteiger partial charge in [0.15, 0.2) is 5.82 Å². The number of amides is 1. The lowest BCUT2D eigenvalue weighted by Crippen LogP contribution is -2.27. The van der Waals surface area contributed by atoms with Crippen molar-refractivity contribution in [2.24, 2.45) is 0 Å². The molecule has 4 rings (SSSR count). The van der Waals surface area contributed by atoms with E-state index in [9.17, 15) is 4.79 Å². The van der Waals surface area contributed by atoms with Crippen molar-refractivity contribution in [3.05, 3.63) is 82.9 Å². The fraction of sp³-hybridized carbons (Fsp3) is 0.111. The molecule has 0 radical (unpaired) electrons. The van der Waals surface area contributed by atoms with Crippen molar-refractivity contribution in [3.8, 4) is 0 Å². The van der Waals surface area contributed by atoms with Crippen molar-refractivity contribution in [1.29, 1.82) is 0 Å². The van der Waals surface area contributed by atoms with Crippen LogP contribution in [0.3, 0.4) is 0 Å². The maximum absolute atomic E-state index is 12.7. The van der Waals surface area contributed by atoms with Gasteiger partial charge in [-0.1, -0.05) is 41.9 Å². The summed E-state index contributed by atoms with van der Waals surface area (Å²) in [6.07, 6.45) is 3.50. The summed E-state index contributed by atoms with van der Waals surface area (Å²) in [4.78, 5) is 18.6. The lowest BCUT2D eigenvalue weighted by atomic mass is 9.97. The molecule has 2 aromatic carbocycles. The molecule has 1 aliphatic heterocycles. The van der Waals surface area contributed by atoms with E-state index in [2.05, 4.69) is 17.1 Å². The maximum atomic E-state index is 12.7. The quantitative estimate of drug-likeness (QED) is 0.684. The molecule has 0 fully saturated rings. The van der Waals surface area contributed by atoms with E-state index < -0.39 is 0 Å². The zero-order valence-electron chi connectivity index (χ0n) is 12.5. The highest BCUT2D eigenvalue weighted by Crippen LogP contribution is 2.38. The average molecular weight is 324 g/mol. The van der Waals surface area contributed by atoms with Gasteiger partial charge in [-0.2, -0.15) is 0 Å². The minimum atomic E-state index is -0.142. The van der Waals surface area contributed by atoms with Crippen molar-refractivity contribution in [2.75, 3.05) is 11.9 Å². The molecule has 1 aliphatic rings. The van der Waals surface area contributed by atoms with Gasteiger partial charge in [-0.25, -0.2) is 4.98 Å². The second kappa shape index (κ2) is 5.25. The van der Waals surface area contributed by atoms with Crippen LogP contribution in [-0.4, -0.2) is 22.5 Å². The molecule has 0 spiro atoms. The Morgan fingerprint density at radius 3 is 2.70 bits per heavy atom. The number of aromatic nitrogens is 2. The van der Waals surface area contributed by atoms with Gasteiger partial charge in [0.25, 0.3) is 5.91 Å². The predicted octanol–water partition coefficient (Wildman–Crippen LogP) is 3.76. The Hall–Kier alpha value is -2.59. The number of imidazole rings is 1. The first-order valence-corrected chi connectivity index (χ1v) is 7.70. The molecule has 1 amide bonds. The van der Waals surface area contributed by atoms with E-state index in [1.54, 1.807) is 24.2 Å². The molecule has 0 aliphatic carbocycles. The van der Waals surface area contributed by atoms with Crippen molar-refractivity contribution < 1.29 is 4.79 Å². The van der Waals surface area contributed by atoms with Gasteiger partial charge in [-0.05, 0) is 23.8 Å². The number of anilines is 1. The Kier molecular flexibility index (Phi) is 3.20. The van der Waals surface area contributed by atoms with Crippen LogP contribution in [0.2, 0.25) is 5.02 Å². The van der Waals surface area contributed by atoms with Crippen LogP contribution in [0.15, 0.2) is 60.9 Å². The Morgan fingerprint density at radius 2 is 1.91 bits per heavy atom. The van der Waals surface area contributed by atoms with Crippen molar-refractivity contribution >= 4 is 23.2 Å². The average Bonchev–Trinajstić information content (AvgIpc) is 3.01. The van der Waals surface area contributed by atoms with E-state index in [-0.39, 0.29) is 11.9 Å². The van der Waals surface area contributed by atoms with Gasteiger partial charge in [-0.3, -0.25) is 4.79 Å². The van der Waals surface area contributed by atoms with E-state index in [4.69, 9.17) is 11.6 Å². The zero-order chi connectivity index (χ0) is 16.0. The molecular formula is C18H14ClN3O. The third-order valence-electron chi connectivity index (χ3n) is 4.20. The van der Waals surface area contributed by atoms with Gasteiger partial charge >= 0.3 is 0 Å². The summed E-state index contributed by atoms with van der Waals surface area (Å²) in [7, 11) is 1.77. The third-order valence-corrected chi connectivity index (χ3v) is 4.44. The number of rotatable bonds is 1. The van der Waals surface area contributed by atoms with Crippen LogP contribution in [-0.2, 0) is 0 Å². The highest BCUT2D eigenvalue weighted by Gasteiger charge is 2.32. The maximum Gasteiger partial charge on any atom is 0.294 e. The van der Waals surface area contributed by atoms with Crippen LogP contribution in [0.5, 0.6) is 0 Å². The summed E-state index contributed by atoms with van der Waals surface area (Å²) in [6, 6.07) is 15.5. The first-order chi connectivity index (χ1) is 11.2. The number of hydrogen-bond acceptors (Lipinski definition) is 2. The molecule has 114 valence electrons. The van der Waals surface area contributed by atoms with E-state index in [0.29, 0.717) is 10.8 Å². The van der Waals surface area contributed by atoms with E-state index in [0.717, 1.165) is 16.8 Å². The Balaban J connectivity index is 2.06. The topological polar surface area (TPSA) is 38.1 Å². The Morgan fingerprint density at radius 1 is 1.13 bits per heavy atom. The summed E-state index contributed by atoms with van der Waals surface area (Å²) in [6.45, 7) is 0. The highest BCUT2D eigenvalue weighted by molar-refractivity contribution is 6.30. The van der Waals surface area contributed by atoms with Crippen LogP contribution in [0.4, 0.5) is 5.69 Å². The summed E-state index contributed by atoms with van der Waals surface area (Å²) in [5.41, 5.74) is 2.91. The second-order valence-electron chi connectivity index (χ2n) is 5.54. The van der Waals surface area contributed by atoms with Crippen molar-refractivity contribution in [1.82, 2.24) is 9.55 Å². The molecule has 1 aromatic heterocycles. The molecule has 5 heteroatoms. The van der Waals surface area contributed by atoms with E-state index in [1.165, 1.54) is 0 Å². The monoisotopic (exact) mass is 323 g/mol. The van der Waals surface area contributed by atoms with E-state index in [1.807, 2.05) is 41.1 Å². The standard InChI is InChI=1S/C18H14ClN3O/c1-21-15-8-7-13(19)11-14(15)16(12-5-3-2-4-6-12)22-10-9-20-17(22)18(21)23/h2-11,16H,1H3. The molecule has 4 nitrogen and oxygen atoms in total. The Bertz CT molecular complexity index is 888. The van der Waals surface area contributed by atoms with Crippen molar-refractivity contribution in [3.63, 3.8) is 0 Å². The fourth-order valence-corrected chi connectivity index (χ4v) is 3.30. The summed E-state index contributed by atoms with van der Waals surface area (Å²) in [5.74, 6) is 0.297. The summed E-state index contributed by atoms with van der Waals surface area (Å²) >= 11 is 6.24. The van der Waals surface area contributed by atoms with Crippen LogP contribution >= 0.6 is 11.6 Å². The second-order valence-corrected chi connectivity index (χ2v) is 5.98. The molecule has 1 unspecified atom stereocenters. The van der Waals surface area contributed by atoms with Crippen LogP contribution < -0.4 is 4.90 Å². The number of halogens is 1. The van der Waals surface area contributed by atoms with Gasteiger partial charge in [0.1, 0.15) is 0 Å². The zero-order valence-corrected chi connectivity index (χ0v) is 13.2. The minimum Gasteiger partial charge on any atom is -0.315 e. The number of carbonyl (C=O) groups excluding carboxylic acids is 1. The number of carbonyl (C=O) groups is 1. The summed E-state index contributed by atoms with van der Waals surface area (Å²) < 4.78 is 1.91. The first kappa shape index (κ1) is 14.0. The molecule has 0 saturated carbocycles. The van der Waals surface area contributed by atoms with Crippen LogP contribution in [0.25, 0.3) is 0 Å². The van der Waals surface area contributed by atoms with E-state index >= 15 is 0 Å². The predicted molar refractivity (Wildman–Crippen MR) is 90.1 cm³/mol. The lowest BCUT2D eigenvalue weighted by Gasteiger charge is -2.22. The number of benzene rings is 2. The minimum absolute atomic E-state index is 0.128. The number of hydrogen-bond donors (Lipinski definition) is 0. The molecule has 0 N–H and O–H groups in total.